The van der Waals surface area contributed by atoms with Gasteiger partial charge in [-0.2, -0.15) is 0 Å². The molecule has 1 atom stereocenters. The first-order valence-corrected chi connectivity index (χ1v) is 8.07. The minimum atomic E-state index is 0.100. The number of hydrogen-bond donors (Lipinski definition) is 0. The first-order chi connectivity index (χ1) is 7.09. The van der Waals surface area contributed by atoms with Crippen LogP contribution in [-0.2, 0) is 0 Å². The smallest absolute Gasteiger partial charge is 0.0991 e. The molecule has 0 aromatic carbocycles. The van der Waals surface area contributed by atoms with Crippen molar-refractivity contribution in [1.29, 1.82) is 0 Å². The third-order valence-corrected chi connectivity index (χ3v) is 6.54. The van der Waals surface area contributed by atoms with Crippen molar-refractivity contribution < 1.29 is 0 Å². The molecule has 2 aromatic rings. The molecule has 2 heterocycles. The Bertz CT molecular complexity index is 478. The standard InChI is InChI=1S/C9H4Br2Cl2S2/c10-5-1-2-14-8(5)7(11)4-3-6(12)15-9(4)13/h1-3,7H. The molecule has 0 saturated carbocycles. The second-order valence-electron chi connectivity index (χ2n) is 2.77. The predicted molar refractivity (Wildman–Crippen MR) is 77.1 cm³/mol. The van der Waals surface area contributed by atoms with Gasteiger partial charge in [0.05, 0.1) is 13.5 Å². The fourth-order valence-corrected chi connectivity index (χ4v) is 5.80. The summed E-state index contributed by atoms with van der Waals surface area (Å²) in [5, 5.41) is 2.04. The molecule has 0 aliphatic carbocycles. The predicted octanol–water partition coefficient (Wildman–Crippen LogP) is 6.36. The molecule has 0 bridgehead atoms. The average molecular weight is 407 g/mol. The Morgan fingerprint density at radius 3 is 2.53 bits per heavy atom. The van der Waals surface area contributed by atoms with Gasteiger partial charge in [-0.3, -0.25) is 0 Å². The zero-order valence-corrected chi connectivity index (χ0v) is 13.5. The van der Waals surface area contributed by atoms with E-state index in [9.17, 15) is 0 Å². The van der Waals surface area contributed by atoms with Crippen molar-refractivity contribution in [3.05, 3.63) is 41.1 Å². The second kappa shape index (κ2) is 5.07. The van der Waals surface area contributed by atoms with Gasteiger partial charge >= 0.3 is 0 Å². The molecule has 0 aliphatic rings. The van der Waals surface area contributed by atoms with Gasteiger partial charge in [0.25, 0.3) is 0 Å². The van der Waals surface area contributed by atoms with Crippen LogP contribution in [0.4, 0.5) is 0 Å². The molecule has 6 heteroatoms. The summed E-state index contributed by atoms with van der Waals surface area (Å²) < 4.78 is 2.54. The van der Waals surface area contributed by atoms with E-state index in [-0.39, 0.29) is 4.83 Å². The number of hydrogen-bond acceptors (Lipinski definition) is 2. The van der Waals surface area contributed by atoms with Crippen molar-refractivity contribution in [2.75, 3.05) is 0 Å². The number of halogens is 4. The summed E-state index contributed by atoms with van der Waals surface area (Å²) in [6.07, 6.45) is 0. The number of rotatable bonds is 2. The first-order valence-electron chi connectivity index (χ1n) is 3.91. The Balaban J connectivity index is 2.40. The topological polar surface area (TPSA) is 0 Å². The summed E-state index contributed by atoms with van der Waals surface area (Å²) >= 11 is 22.2. The van der Waals surface area contributed by atoms with Crippen LogP contribution >= 0.6 is 77.7 Å². The highest BCUT2D eigenvalue weighted by molar-refractivity contribution is 9.11. The maximum atomic E-state index is 6.10. The lowest BCUT2D eigenvalue weighted by atomic mass is 10.2. The van der Waals surface area contributed by atoms with Crippen molar-refractivity contribution in [2.24, 2.45) is 0 Å². The highest BCUT2D eigenvalue weighted by Crippen LogP contribution is 2.45. The maximum Gasteiger partial charge on any atom is 0.0991 e. The van der Waals surface area contributed by atoms with Crippen molar-refractivity contribution in [3.8, 4) is 0 Å². The van der Waals surface area contributed by atoms with Crippen LogP contribution in [0.3, 0.4) is 0 Å². The minimum absolute atomic E-state index is 0.100. The largest absolute Gasteiger partial charge is 0.146 e. The normalized spacial score (nSPS) is 13.1. The van der Waals surface area contributed by atoms with Crippen LogP contribution in [0.15, 0.2) is 22.0 Å². The highest BCUT2D eigenvalue weighted by Gasteiger charge is 2.19. The quantitative estimate of drug-likeness (QED) is 0.509. The summed E-state index contributed by atoms with van der Waals surface area (Å²) in [6.45, 7) is 0. The summed E-state index contributed by atoms with van der Waals surface area (Å²) in [4.78, 5) is 1.30. The van der Waals surface area contributed by atoms with Crippen LogP contribution in [0, 0.1) is 0 Å². The van der Waals surface area contributed by atoms with Crippen LogP contribution in [0.2, 0.25) is 8.67 Å². The molecule has 0 nitrogen and oxygen atoms in total. The zero-order chi connectivity index (χ0) is 11.0. The van der Waals surface area contributed by atoms with Crippen LogP contribution in [0.25, 0.3) is 0 Å². The lowest BCUT2D eigenvalue weighted by molar-refractivity contribution is 1.24. The Morgan fingerprint density at radius 1 is 1.33 bits per heavy atom. The Kier molecular flexibility index (Phi) is 4.19. The molecular weight excluding hydrogens is 403 g/mol. The van der Waals surface area contributed by atoms with E-state index in [0.29, 0.717) is 4.34 Å². The van der Waals surface area contributed by atoms with Crippen molar-refractivity contribution in [1.82, 2.24) is 0 Å². The molecule has 0 N–H and O–H groups in total. The van der Waals surface area contributed by atoms with E-state index in [1.165, 1.54) is 16.2 Å². The van der Waals surface area contributed by atoms with Crippen molar-refractivity contribution in [2.45, 2.75) is 4.83 Å². The molecule has 80 valence electrons. The van der Waals surface area contributed by atoms with Gasteiger partial charge in [-0.1, -0.05) is 39.1 Å². The van der Waals surface area contributed by atoms with Crippen LogP contribution in [0.5, 0.6) is 0 Å². The molecule has 0 saturated heterocycles. The maximum absolute atomic E-state index is 6.10. The van der Waals surface area contributed by atoms with Gasteiger partial charge in [-0.15, -0.1) is 22.7 Å². The van der Waals surface area contributed by atoms with Gasteiger partial charge in [0.15, 0.2) is 0 Å². The molecule has 0 aliphatic heterocycles. The van der Waals surface area contributed by atoms with Gasteiger partial charge in [-0.25, -0.2) is 0 Å². The molecular formula is C9H4Br2Cl2S2. The van der Waals surface area contributed by atoms with E-state index in [0.717, 1.165) is 14.4 Å². The van der Waals surface area contributed by atoms with Crippen LogP contribution in [0.1, 0.15) is 15.3 Å². The van der Waals surface area contributed by atoms with Gasteiger partial charge in [0.2, 0.25) is 0 Å². The summed E-state index contributed by atoms with van der Waals surface area (Å²) in [6, 6.07) is 3.93. The van der Waals surface area contributed by atoms with E-state index < -0.39 is 0 Å². The third kappa shape index (κ3) is 2.61. The fraction of sp³-hybridized carbons (Fsp3) is 0.111. The number of thiophene rings is 2. The van der Waals surface area contributed by atoms with Crippen LogP contribution < -0.4 is 0 Å². The molecule has 0 radical (unpaired) electrons. The summed E-state index contributed by atoms with van der Waals surface area (Å²) in [7, 11) is 0. The molecule has 0 amide bonds. The van der Waals surface area contributed by atoms with E-state index >= 15 is 0 Å². The molecule has 1 unspecified atom stereocenters. The van der Waals surface area contributed by atoms with E-state index in [1.54, 1.807) is 11.3 Å². The number of alkyl halides is 1. The summed E-state index contributed by atoms with van der Waals surface area (Å²) in [5.74, 6) is 0. The van der Waals surface area contributed by atoms with E-state index in [1.807, 2.05) is 17.5 Å². The average Bonchev–Trinajstić information content (AvgIpc) is 2.71. The Hall–Kier alpha value is 0.940. The van der Waals surface area contributed by atoms with Crippen molar-refractivity contribution >= 4 is 77.7 Å². The van der Waals surface area contributed by atoms with Gasteiger partial charge in [0, 0.05) is 14.9 Å². The monoisotopic (exact) mass is 404 g/mol. The Morgan fingerprint density at radius 2 is 2.07 bits per heavy atom. The van der Waals surface area contributed by atoms with Crippen molar-refractivity contribution in [3.63, 3.8) is 0 Å². The fourth-order valence-electron chi connectivity index (χ4n) is 1.15. The third-order valence-electron chi connectivity index (χ3n) is 1.83. The Labute approximate surface area is 122 Å². The van der Waals surface area contributed by atoms with E-state index in [4.69, 9.17) is 23.2 Å². The lowest BCUT2D eigenvalue weighted by Gasteiger charge is -2.06. The zero-order valence-electron chi connectivity index (χ0n) is 7.14. The summed E-state index contributed by atoms with van der Waals surface area (Å²) in [5.41, 5.74) is 1.02. The van der Waals surface area contributed by atoms with E-state index in [2.05, 4.69) is 31.9 Å². The highest BCUT2D eigenvalue weighted by atomic mass is 79.9. The molecule has 2 rings (SSSR count). The van der Waals surface area contributed by atoms with Gasteiger partial charge < -0.3 is 0 Å². The molecule has 2 aromatic heterocycles. The lowest BCUT2D eigenvalue weighted by Crippen LogP contribution is -1.87. The van der Waals surface area contributed by atoms with Gasteiger partial charge in [0.1, 0.15) is 0 Å². The first kappa shape index (κ1) is 12.4. The molecule has 0 spiro atoms. The van der Waals surface area contributed by atoms with Crippen LogP contribution in [-0.4, -0.2) is 0 Å². The minimum Gasteiger partial charge on any atom is -0.146 e. The molecule has 0 fully saturated rings. The van der Waals surface area contributed by atoms with Gasteiger partial charge in [-0.05, 0) is 33.4 Å². The molecule has 15 heavy (non-hydrogen) atoms. The second-order valence-corrected chi connectivity index (χ2v) is 7.78. The SMILES string of the molecule is Clc1cc(C(Br)c2sccc2Br)c(Cl)s1.